The van der Waals surface area contributed by atoms with Crippen LogP contribution >= 0.6 is 11.6 Å². The highest BCUT2D eigenvalue weighted by molar-refractivity contribution is 6.31. The Hall–Kier alpha value is -2.20. The quantitative estimate of drug-likeness (QED) is 0.843. The fourth-order valence-electron chi connectivity index (χ4n) is 1.60. The van der Waals surface area contributed by atoms with Crippen molar-refractivity contribution in [1.82, 2.24) is 0 Å². The Balaban J connectivity index is 2.08. The van der Waals surface area contributed by atoms with Crippen molar-refractivity contribution in [2.45, 2.75) is 6.61 Å². The Morgan fingerprint density at radius 3 is 2.42 bits per heavy atom. The number of benzene rings is 2. The van der Waals surface area contributed by atoms with E-state index in [4.69, 9.17) is 27.8 Å². The monoisotopic (exact) mass is 276 g/mol. The van der Waals surface area contributed by atoms with Gasteiger partial charge in [0.25, 0.3) is 0 Å². The van der Waals surface area contributed by atoms with Gasteiger partial charge in [0.2, 0.25) is 5.91 Å². The minimum absolute atomic E-state index is 0.265. The zero-order valence-electron chi connectivity index (χ0n) is 10.1. The van der Waals surface area contributed by atoms with Crippen LogP contribution < -0.4 is 16.2 Å². The number of carbonyl (C=O) groups is 1. The van der Waals surface area contributed by atoms with E-state index in [0.29, 0.717) is 22.0 Å². The lowest BCUT2D eigenvalue weighted by atomic mass is 10.2. The maximum absolute atomic E-state index is 10.9. The van der Waals surface area contributed by atoms with Gasteiger partial charge >= 0.3 is 0 Å². The first-order chi connectivity index (χ1) is 9.08. The van der Waals surface area contributed by atoms with E-state index in [-0.39, 0.29) is 6.61 Å². The van der Waals surface area contributed by atoms with Crippen molar-refractivity contribution in [3.63, 3.8) is 0 Å². The number of anilines is 1. The number of hydrogen-bond donors (Lipinski definition) is 2. The van der Waals surface area contributed by atoms with Gasteiger partial charge in [0, 0.05) is 21.8 Å². The molecule has 0 aromatic heterocycles. The SMILES string of the molecule is NC(=O)c1ccc(OCc2c(N)cccc2Cl)cc1. The Morgan fingerprint density at radius 2 is 1.84 bits per heavy atom. The molecule has 0 unspecified atom stereocenters. The molecule has 19 heavy (non-hydrogen) atoms. The van der Waals surface area contributed by atoms with Crippen LogP contribution in [0.4, 0.5) is 5.69 Å². The summed E-state index contributed by atoms with van der Waals surface area (Å²) in [5.41, 5.74) is 12.7. The van der Waals surface area contributed by atoms with Gasteiger partial charge in [-0.15, -0.1) is 0 Å². The zero-order valence-corrected chi connectivity index (χ0v) is 10.9. The minimum atomic E-state index is -0.470. The first-order valence-electron chi connectivity index (χ1n) is 5.63. The van der Waals surface area contributed by atoms with Crippen LogP contribution in [0, 0.1) is 0 Å². The summed E-state index contributed by atoms with van der Waals surface area (Å²) in [7, 11) is 0. The highest BCUT2D eigenvalue weighted by Crippen LogP contribution is 2.24. The van der Waals surface area contributed by atoms with Crippen LogP contribution in [0.3, 0.4) is 0 Å². The van der Waals surface area contributed by atoms with E-state index in [9.17, 15) is 4.79 Å². The fourth-order valence-corrected chi connectivity index (χ4v) is 1.83. The van der Waals surface area contributed by atoms with Crippen molar-refractivity contribution in [3.05, 3.63) is 58.6 Å². The maximum atomic E-state index is 10.9. The molecule has 0 aliphatic carbocycles. The van der Waals surface area contributed by atoms with Crippen molar-refractivity contribution < 1.29 is 9.53 Å². The summed E-state index contributed by atoms with van der Waals surface area (Å²) in [6.07, 6.45) is 0. The number of ether oxygens (including phenoxy) is 1. The first-order valence-corrected chi connectivity index (χ1v) is 6.01. The molecule has 0 spiro atoms. The standard InChI is InChI=1S/C14H13ClN2O2/c15-12-2-1-3-13(16)11(12)8-19-10-6-4-9(5-7-10)14(17)18/h1-7H,8,16H2,(H2,17,18). The molecule has 0 aliphatic rings. The third-order valence-electron chi connectivity index (χ3n) is 2.68. The summed E-state index contributed by atoms with van der Waals surface area (Å²) in [6.45, 7) is 0.265. The number of amides is 1. The lowest BCUT2D eigenvalue weighted by Crippen LogP contribution is -2.10. The third-order valence-corrected chi connectivity index (χ3v) is 3.03. The molecule has 4 N–H and O–H groups in total. The summed E-state index contributed by atoms with van der Waals surface area (Å²) in [6, 6.07) is 11.9. The number of carbonyl (C=O) groups excluding carboxylic acids is 1. The lowest BCUT2D eigenvalue weighted by Gasteiger charge is -2.10. The van der Waals surface area contributed by atoms with Crippen LogP contribution in [-0.4, -0.2) is 5.91 Å². The molecule has 4 nitrogen and oxygen atoms in total. The largest absolute Gasteiger partial charge is 0.489 e. The maximum Gasteiger partial charge on any atom is 0.248 e. The molecule has 2 aromatic carbocycles. The van der Waals surface area contributed by atoms with Crippen molar-refractivity contribution >= 4 is 23.2 Å². The predicted molar refractivity (Wildman–Crippen MR) is 75.2 cm³/mol. The molecule has 1 amide bonds. The molecule has 0 atom stereocenters. The number of rotatable bonds is 4. The van der Waals surface area contributed by atoms with Gasteiger partial charge in [-0.3, -0.25) is 4.79 Å². The first kappa shape index (κ1) is 13.2. The summed E-state index contributed by atoms with van der Waals surface area (Å²) in [4.78, 5) is 10.9. The molecular weight excluding hydrogens is 264 g/mol. The second-order valence-electron chi connectivity index (χ2n) is 3.98. The number of hydrogen-bond acceptors (Lipinski definition) is 3. The highest BCUT2D eigenvalue weighted by atomic mass is 35.5. The van der Waals surface area contributed by atoms with E-state index in [2.05, 4.69) is 0 Å². The van der Waals surface area contributed by atoms with Crippen LogP contribution in [0.25, 0.3) is 0 Å². The summed E-state index contributed by atoms with van der Waals surface area (Å²) >= 11 is 6.04. The van der Waals surface area contributed by atoms with Crippen LogP contribution in [0.5, 0.6) is 5.75 Å². The number of halogens is 1. The minimum Gasteiger partial charge on any atom is -0.489 e. The van der Waals surface area contributed by atoms with Crippen molar-refractivity contribution in [2.24, 2.45) is 5.73 Å². The van der Waals surface area contributed by atoms with Crippen molar-refractivity contribution in [1.29, 1.82) is 0 Å². The van der Waals surface area contributed by atoms with E-state index in [1.807, 2.05) is 0 Å². The summed E-state index contributed by atoms with van der Waals surface area (Å²) in [5, 5.41) is 0.564. The fraction of sp³-hybridized carbons (Fsp3) is 0.0714. The lowest BCUT2D eigenvalue weighted by molar-refractivity contribution is 0.100. The van der Waals surface area contributed by atoms with Gasteiger partial charge in [0.05, 0.1) is 0 Å². The number of primary amides is 1. The number of nitrogen functional groups attached to an aromatic ring is 1. The summed E-state index contributed by atoms with van der Waals surface area (Å²) < 4.78 is 5.57. The van der Waals surface area contributed by atoms with Crippen LogP contribution in [-0.2, 0) is 6.61 Å². The topological polar surface area (TPSA) is 78.3 Å². The van der Waals surface area contributed by atoms with Gasteiger partial charge in [-0.25, -0.2) is 0 Å². The Kier molecular flexibility index (Phi) is 3.92. The molecule has 0 bridgehead atoms. The molecule has 0 saturated carbocycles. The molecule has 0 radical (unpaired) electrons. The molecule has 98 valence electrons. The van der Waals surface area contributed by atoms with E-state index < -0.39 is 5.91 Å². The molecule has 2 rings (SSSR count). The van der Waals surface area contributed by atoms with Crippen LogP contribution in [0.15, 0.2) is 42.5 Å². The smallest absolute Gasteiger partial charge is 0.248 e. The van der Waals surface area contributed by atoms with E-state index in [0.717, 1.165) is 5.56 Å². The number of nitrogens with two attached hydrogens (primary N) is 2. The Morgan fingerprint density at radius 1 is 1.16 bits per heavy atom. The average molecular weight is 277 g/mol. The molecule has 5 heteroatoms. The van der Waals surface area contributed by atoms with Crippen molar-refractivity contribution in [2.75, 3.05) is 5.73 Å². The van der Waals surface area contributed by atoms with Gasteiger partial charge < -0.3 is 16.2 Å². The second-order valence-corrected chi connectivity index (χ2v) is 4.39. The van der Waals surface area contributed by atoms with E-state index in [1.165, 1.54) is 0 Å². The molecule has 2 aromatic rings. The Labute approximate surface area is 115 Å². The van der Waals surface area contributed by atoms with Crippen molar-refractivity contribution in [3.8, 4) is 5.75 Å². The molecule has 0 fully saturated rings. The highest BCUT2D eigenvalue weighted by Gasteiger charge is 2.06. The van der Waals surface area contributed by atoms with Gasteiger partial charge in [-0.05, 0) is 36.4 Å². The van der Waals surface area contributed by atoms with Crippen LogP contribution in [0.2, 0.25) is 5.02 Å². The third kappa shape index (κ3) is 3.17. The molecule has 0 saturated heterocycles. The van der Waals surface area contributed by atoms with Gasteiger partial charge in [-0.1, -0.05) is 17.7 Å². The van der Waals surface area contributed by atoms with Gasteiger partial charge in [-0.2, -0.15) is 0 Å². The molecular formula is C14H13ClN2O2. The molecule has 0 heterocycles. The van der Waals surface area contributed by atoms with E-state index in [1.54, 1.807) is 42.5 Å². The Bertz CT molecular complexity index is 577. The average Bonchev–Trinajstić information content (AvgIpc) is 2.38. The summed E-state index contributed by atoms with van der Waals surface area (Å²) in [5.74, 6) is 0.145. The van der Waals surface area contributed by atoms with Gasteiger partial charge in [0.1, 0.15) is 12.4 Å². The normalized spacial score (nSPS) is 10.2. The zero-order chi connectivity index (χ0) is 13.8. The van der Waals surface area contributed by atoms with Gasteiger partial charge in [0.15, 0.2) is 0 Å². The molecule has 0 aliphatic heterocycles. The predicted octanol–water partition coefficient (Wildman–Crippen LogP) is 2.60. The van der Waals surface area contributed by atoms with Crippen LogP contribution in [0.1, 0.15) is 15.9 Å². The van der Waals surface area contributed by atoms with E-state index >= 15 is 0 Å². The second kappa shape index (κ2) is 5.63.